The molecule has 0 amide bonds. The van der Waals surface area contributed by atoms with Gasteiger partial charge < -0.3 is 4.48 Å². The van der Waals surface area contributed by atoms with Crippen molar-refractivity contribution < 1.29 is 17.7 Å². The van der Waals surface area contributed by atoms with E-state index in [9.17, 15) is 13.2 Å². The predicted octanol–water partition coefficient (Wildman–Crippen LogP) is 2.81. The lowest BCUT2D eigenvalue weighted by molar-refractivity contribution is -0.955. The van der Waals surface area contributed by atoms with Gasteiger partial charge in [0.25, 0.3) is 0 Å². The first-order valence-electron chi connectivity index (χ1n) is 4.76. The average molecular weight is 198 g/mol. The van der Waals surface area contributed by atoms with Gasteiger partial charge in [0.1, 0.15) is 0 Å². The lowest BCUT2D eigenvalue weighted by Gasteiger charge is -2.41. The first-order chi connectivity index (χ1) is 5.84. The molecule has 1 nitrogen and oxygen atoms in total. The van der Waals surface area contributed by atoms with Crippen molar-refractivity contribution in [3.8, 4) is 0 Å². The van der Waals surface area contributed by atoms with Gasteiger partial charge in [-0.15, -0.1) is 0 Å². The van der Waals surface area contributed by atoms with Crippen LogP contribution in [0.3, 0.4) is 0 Å². The van der Waals surface area contributed by atoms with Crippen LogP contribution in [0.4, 0.5) is 13.2 Å². The Morgan fingerprint density at radius 3 is 1.38 bits per heavy atom. The van der Waals surface area contributed by atoms with Crippen LogP contribution in [0.2, 0.25) is 0 Å². The van der Waals surface area contributed by atoms with E-state index in [1.165, 1.54) is 6.92 Å². The largest absolute Gasteiger partial charge is 0.440 e. The molecule has 0 aliphatic heterocycles. The van der Waals surface area contributed by atoms with E-state index < -0.39 is 12.2 Å². The van der Waals surface area contributed by atoms with Gasteiger partial charge in [-0.2, -0.15) is 13.2 Å². The average Bonchev–Trinajstić information content (AvgIpc) is 2.07. The molecule has 0 radical (unpaired) electrons. The van der Waals surface area contributed by atoms with Crippen molar-refractivity contribution in [3.63, 3.8) is 0 Å². The normalized spacial score (nSPS) is 15.9. The first kappa shape index (κ1) is 12.8. The Labute approximate surface area is 78.1 Å². The van der Waals surface area contributed by atoms with Gasteiger partial charge in [0.2, 0.25) is 0 Å². The summed E-state index contributed by atoms with van der Waals surface area (Å²) in [6.45, 7) is 8.32. The molecule has 0 heterocycles. The zero-order valence-electron chi connectivity index (χ0n) is 8.78. The van der Waals surface area contributed by atoms with Crippen molar-refractivity contribution in [2.45, 2.75) is 39.9 Å². The molecule has 0 aliphatic rings. The SMILES string of the molecule is CC[N+](CC)(CC)C(C)C(F)(F)F. The number of halogens is 3. The molecule has 0 fully saturated rings. The van der Waals surface area contributed by atoms with E-state index in [1.807, 2.05) is 20.8 Å². The maximum atomic E-state index is 12.5. The summed E-state index contributed by atoms with van der Waals surface area (Å²) in [4.78, 5) is 0. The van der Waals surface area contributed by atoms with Crippen LogP contribution in [0.1, 0.15) is 27.7 Å². The Balaban J connectivity index is 4.73. The summed E-state index contributed by atoms with van der Waals surface area (Å²) in [6, 6.07) is -1.26. The highest BCUT2D eigenvalue weighted by Crippen LogP contribution is 2.29. The van der Waals surface area contributed by atoms with Crippen LogP contribution in [-0.4, -0.2) is 36.3 Å². The molecule has 80 valence electrons. The van der Waals surface area contributed by atoms with E-state index in [-0.39, 0.29) is 4.48 Å². The monoisotopic (exact) mass is 198 g/mol. The third kappa shape index (κ3) is 2.59. The second-order valence-corrected chi connectivity index (χ2v) is 3.38. The molecule has 0 aromatic heterocycles. The second-order valence-electron chi connectivity index (χ2n) is 3.38. The molecule has 0 aromatic carbocycles. The van der Waals surface area contributed by atoms with E-state index in [4.69, 9.17) is 0 Å². The van der Waals surface area contributed by atoms with Gasteiger partial charge in [-0.25, -0.2) is 0 Å². The number of alkyl halides is 3. The van der Waals surface area contributed by atoms with Gasteiger partial charge in [0, 0.05) is 0 Å². The van der Waals surface area contributed by atoms with Gasteiger partial charge in [-0.3, -0.25) is 0 Å². The van der Waals surface area contributed by atoms with Crippen LogP contribution >= 0.6 is 0 Å². The lowest BCUT2D eigenvalue weighted by Crippen LogP contribution is -2.59. The molecule has 4 heteroatoms. The zero-order valence-corrected chi connectivity index (χ0v) is 8.78. The maximum Gasteiger partial charge on any atom is 0.440 e. The lowest BCUT2D eigenvalue weighted by atomic mass is 10.2. The Morgan fingerprint density at radius 1 is 1.00 bits per heavy atom. The van der Waals surface area contributed by atoms with Crippen LogP contribution < -0.4 is 0 Å². The maximum absolute atomic E-state index is 12.5. The zero-order chi connectivity index (χ0) is 10.7. The summed E-state index contributed by atoms with van der Waals surface area (Å²) >= 11 is 0. The molecule has 1 atom stereocenters. The smallest absolute Gasteiger partial charge is 0.315 e. The Kier molecular flexibility index (Phi) is 4.23. The Morgan fingerprint density at radius 2 is 1.31 bits per heavy atom. The van der Waals surface area contributed by atoms with Crippen molar-refractivity contribution >= 4 is 0 Å². The molecule has 0 bridgehead atoms. The van der Waals surface area contributed by atoms with Crippen molar-refractivity contribution in [1.82, 2.24) is 0 Å². The summed E-state index contributed by atoms with van der Waals surface area (Å²) in [5, 5.41) is 0. The second kappa shape index (κ2) is 4.31. The van der Waals surface area contributed by atoms with Crippen molar-refractivity contribution in [2.24, 2.45) is 0 Å². The molecule has 13 heavy (non-hydrogen) atoms. The summed E-state index contributed by atoms with van der Waals surface area (Å²) in [5.41, 5.74) is 0. The highest BCUT2D eigenvalue weighted by atomic mass is 19.4. The Hall–Kier alpha value is -0.250. The van der Waals surface area contributed by atoms with E-state index in [2.05, 4.69) is 0 Å². The minimum Gasteiger partial charge on any atom is -0.315 e. The number of hydrogen-bond acceptors (Lipinski definition) is 0. The van der Waals surface area contributed by atoms with Crippen LogP contribution in [0.5, 0.6) is 0 Å². The minimum atomic E-state index is -4.08. The van der Waals surface area contributed by atoms with E-state index in [1.54, 1.807) is 0 Å². The van der Waals surface area contributed by atoms with E-state index in [0.29, 0.717) is 19.6 Å². The third-order valence-electron chi connectivity index (χ3n) is 3.18. The summed E-state index contributed by atoms with van der Waals surface area (Å²) in [6.07, 6.45) is -4.08. The first-order valence-corrected chi connectivity index (χ1v) is 4.76. The topological polar surface area (TPSA) is 0 Å². The Bertz CT molecular complexity index is 141. The van der Waals surface area contributed by atoms with Crippen molar-refractivity contribution in [1.29, 1.82) is 0 Å². The molecule has 0 N–H and O–H groups in total. The van der Waals surface area contributed by atoms with Gasteiger partial charge in [0.05, 0.1) is 19.6 Å². The summed E-state index contributed by atoms with van der Waals surface area (Å²) in [5.74, 6) is 0. The molecule has 0 spiro atoms. The number of hydrogen-bond donors (Lipinski definition) is 0. The van der Waals surface area contributed by atoms with Crippen LogP contribution in [0.15, 0.2) is 0 Å². The standard InChI is InChI=1S/C9H19F3N/c1-5-13(6-2,7-3)8(4)9(10,11)12/h8H,5-7H2,1-4H3/q+1. The molecular weight excluding hydrogens is 179 g/mol. The summed E-state index contributed by atoms with van der Waals surface area (Å²) in [7, 11) is 0. The van der Waals surface area contributed by atoms with Gasteiger partial charge in [-0.1, -0.05) is 0 Å². The quantitative estimate of drug-likeness (QED) is 0.609. The van der Waals surface area contributed by atoms with E-state index >= 15 is 0 Å². The molecule has 0 aliphatic carbocycles. The van der Waals surface area contributed by atoms with Crippen molar-refractivity contribution in [3.05, 3.63) is 0 Å². The van der Waals surface area contributed by atoms with Crippen LogP contribution in [0, 0.1) is 0 Å². The third-order valence-corrected chi connectivity index (χ3v) is 3.18. The highest BCUT2D eigenvalue weighted by molar-refractivity contribution is 4.63. The van der Waals surface area contributed by atoms with Gasteiger partial charge >= 0.3 is 6.18 Å². The van der Waals surface area contributed by atoms with Gasteiger partial charge in [0.15, 0.2) is 6.04 Å². The van der Waals surface area contributed by atoms with Gasteiger partial charge in [-0.05, 0) is 27.7 Å². The fourth-order valence-electron chi connectivity index (χ4n) is 1.80. The molecule has 0 saturated carbocycles. The molecule has 0 aromatic rings. The highest BCUT2D eigenvalue weighted by Gasteiger charge is 2.48. The molecule has 0 saturated heterocycles. The molecular formula is C9H19F3N+. The molecule has 1 unspecified atom stereocenters. The number of nitrogens with zero attached hydrogens (tertiary/aromatic N) is 1. The molecule has 0 rings (SSSR count). The number of quaternary nitrogens is 1. The van der Waals surface area contributed by atoms with Crippen molar-refractivity contribution in [2.75, 3.05) is 19.6 Å². The predicted molar refractivity (Wildman–Crippen MR) is 47.4 cm³/mol. The minimum absolute atomic E-state index is 0.128. The van der Waals surface area contributed by atoms with E-state index in [0.717, 1.165) is 0 Å². The van der Waals surface area contributed by atoms with Crippen LogP contribution in [-0.2, 0) is 0 Å². The van der Waals surface area contributed by atoms with Crippen LogP contribution in [0.25, 0.3) is 0 Å². The summed E-state index contributed by atoms with van der Waals surface area (Å²) < 4.78 is 37.6. The fraction of sp³-hybridized carbons (Fsp3) is 1.00. The fourth-order valence-corrected chi connectivity index (χ4v) is 1.80. The number of rotatable bonds is 4.